The Morgan fingerprint density at radius 2 is 1.94 bits per heavy atom. The molecule has 0 radical (unpaired) electrons. The predicted octanol–water partition coefficient (Wildman–Crippen LogP) is 3.27. The number of benzene rings is 1. The van der Waals surface area contributed by atoms with Crippen molar-refractivity contribution in [3.05, 3.63) is 42.2 Å². The van der Waals surface area contributed by atoms with Crippen molar-refractivity contribution in [3.63, 3.8) is 0 Å². The first-order chi connectivity index (χ1) is 15.6. The van der Waals surface area contributed by atoms with Gasteiger partial charge in [-0.25, -0.2) is 4.68 Å². The molecule has 0 bridgehead atoms. The molecule has 8 heteroatoms. The number of hydrogen-bond acceptors (Lipinski definition) is 5. The van der Waals surface area contributed by atoms with Gasteiger partial charge < -0.3 is 19.7 Å². The van der Waals surface area contributed by atoms with Crippen LogP contribution in [0.1, 0.15) is 49.4 Å². The molecule has 172 valence electrons. The van der Waals surface area contributed by atoms with Gasteiger partial charge in [-0.3, -0.25) is 9.59 Å². The van der Waals surface area contributed by atoms with E-state index in [1.165, 1.54) is 0 Å². The van der Waals surface area contributed by atoms with Crippen LogP contribution in [0, 0.1) is 5.92 Å². The van der Waals surface area contributed by atoms with E-state index in [1.807, 2.05) is 29.2 Å². The highest BCUT2D eigenvalue weighted by atomic mass is 16.5. The van der Waals surface area contributed by atoms with E-state index in [-0.39, 0.29) is 23.8 Å². The molecule has 2 aliphatic rings. The van der Waals surface area contributed by atoms with Gasteiger partial charge in [0.25, 0.3) is 5.91 Å². The molecule has 1 atom stereocenters. The molecule has 8 nitrogen and oxygen atoms in total. The molecule has 1 aromatic carbocycles. The van der Waals surface area contributed by atoms with Crippen LogP contribution in [0.4, 0.5) is 5.69 Å². The second-order valence-electron chi connectivity index (χ2n) is 8.48. The van der Waals surface area contributed by atoms with Crippen molar-refractivity contribution in [2.24, 2.45) is 5.92 Å². The first-order valence-corrected chi connectivity index (χ1v) is 11.6. The lowest BCUT2D eigenvalue weighted by Crippen LogP contribution is -2.37. The lowest BCUT2D eigenvalue weighted by atomic mass is 9.99. The highest BCUT2D eigenvalue weighted by molar-refractivity contribution is 5.94. The maximum absolute atomic E-state index is 13.0. The predicted molar refractivity (Wildman–Crippen MR) is 121 cm³/mol. The van der Waals surface area contributed by atoms with Crippen molar-refractivity contribution in [1.29, 1.82) is 0 Å². The van der Waals surface area contributed by atoms with Gasteiger partial charge in [0.1, 0.15) is 0 Å². The minimum Gasteiger partial charge on any atom is -0.381 e. The molecular weight excluding hydrogens is 408 g/mol. The highest BCUT2D eigenvalue weighted by Crippen LogP contribution is 2.19. The maximum atomic E-state index is 13.0. The summed E-state index contributed by atoms with van der Waals surface area (Å²) in [5.74, 6) is 0.0212. The number of aromatic nitrogens is 2. The summed E-state index contributed by atoms with van der Waals surface area (Å²) in [6.07, 6.45) is 8.05. The lowest BCUT2D eigenvalue weighted by molar-refractivity contribution is -0.122. The van der Waals surface area contributed by atoms with E-state index >= 15 is 0 Å². The summed E-state index contributed by atoms with van der Waals surface area (Å²) in [5, 5.41) is 7.30. The quantitative estimate of drug-likeness (QED) is 0.681. The Morgan fingerprint density at radius 1 is 1.16 bits per heavy atom. The van der Waals surface area contributed by atoms with E-state index in [4.69, 9.17) is 9.47 Å². The molecule has 2 amide bonds. The van der Waals surface area contributed by atoms with Gasteiger partial charge in [-0.1, -0.05) is 6.92 Å². The lowest BCUT2D eigenvalue weighted by Gasteiger charge is -2.25. The summed E-state index contributed by atoms with van der Waals surface area (Å²) < 4.78 is 12.7. The van der Waals surface area contributed by atoms with Crippen LogP contribution in [-0.2, 0) is 14.3 Å². The Labute approximate surface area is 188 Å². The Hall–Kier alpha value is -2.71. The van der Waals surface area contributed by atoms with Crippen LogP contribution < -0.4 is 5.32 Å². The molecule has 2 aromatic rings. The summed E-state index contributed by atoms with van der Waals surface area (Å²) in [6, 6.07) is 7.41. The maximum Gasteiger partial charge on any atom is 0.253 e. The van der Waals surface area contributed by atoms with Crippen molar-refractivity contribution in [2.45, 2.75) is 45.1 Å². The zero-order valence-corrected chi connectivity index (χ0v) is 18.7. The topological polar surface area (TPSA) is 85.7 Å². The van der Waals surface area contributed by atoms with Crippen molar-refractivity contribution < 1.29 is 19.1 Å². The molecule has 2 saturated heterocycles. The largest absolute Gasteiger partial charge is 0.381 e. The van der Waals surface area contributed by atoms with E-state index < -0.39 is 0 Å². The van der Waals surface area contributed by atoms with Crippen molar-refractivity contribution in [1.82, 2.24) is 14.7 Å². The van der Waals surface area contributed by atoms with Gasteiger partial charge in [-0.05, 0) is 56.4 Å². The second kappa shape index (κ2) is 10.7. The van der Waals surface area contributed by atoms with E-state index in [0.29, 0.717) is 31.0 Å². The summed E-state index contributed by atoms with van der Waals surface area (Å²) in [4.78, 5) is 27.3. The molecule has 1 N–H and O–H groups in total. The Bertz CT molecular complexity index is 899. The van der Waals surface area contributed by atoms with Gasteiger partial charge in [0.05, 0.1) is 29.9 Å². The number of rotatable bonds is 8. The second-order valence-corrected chi connectivity index (χ2v) is 8.48. The third-order valence-corrected chi connectivity index (χ3v) is 6.05. The number of nitrogens with zero attached hydrogens (tertiary/aromatic N) is 3. The smallest absolute Gasteiger partial charge is 0.253 e. The fourth-order valence-corrected chi connectivity index (χ4v) is 4.25. The van der Waals surface area contributed by atoms with Crippen molar-refractivity contribution >= 4 is 17.5 Å². The summed E-state index contributed by atoms with van der Waals surface area (Å²) in [5.41, 5.74) is 2.14. The minimum absolute atomic E-state index is 0.0102. The number of carbonyl (C=O) groups excluding carboxylic acids is 2. The van der Waals surface area contributed by atoms with Crippen LogP contribution in [0.25, 0.3) is 5.69 Å². The zero-order chi connectivity index (χ0) is 22.3. The number of ether oxygens (including phenoxy) is 2. The molecule has 2 fully saturated rings. The standard InChI is InChI=1S/C24H32N4O4/c1-2-11-27(17-22-4-3-12-32-22)24(30)19-5-7-21(8-6-19)28-16-20(15-25-28)26-23(29)18-9-13-31-14-10-18/h5-8,15-16,18,22H,2-4,9-14,17H2,1H3,(H,26,29)/t22-/m0/s1. The minimum atomic E-state index is -0.0157. The van der Waals surface area contributed by atoms with Gasteiger partial charge in [-0.15, -0.1) is 0 Å². The van der Waals surface area contributed by atoms with Crippen LogP contribution in [-0.4, -0.2) is 65.5 Å². The van der Waals surface area contributed by atoms with Gasteiger partial charge in [0.15, 0.2) is 0 Å². The van der Waals surface area contributed by atoms with Crippen molar-refractivity contribution in [2.75, 3.05) is 38.2 Å². The Morgan fingerprint density at radius 3 is 2.62 bits per heavy atom. The van der Waals surface area contributed by atoms with Crippen LogP contribution in [0.5, 0.6) is 0 Å². The molecule has 0 saturated carbocycles. The molecule has 0 spiro atoms. The SMILES string of the molecule is CCCN(C[C@@H]1CCCO1)C(=O)c1ccc(-n2cc(NC(=O)C3CCOCC3)cn2)cc1. The zero-order valence-electron chi connectivity index (χ0n) is 18.7. The Balaban J connectivity index is 1.38. The fraction of sp³-hybridized carbons (Fsp3) is 0.542. The summed E-state index contributed by atoms with van der Waals surface area (Å²) in [6.45, 7) is 5.49. The number of nitrogens with one attached hydrogen (secondary N) is 1. The van der Waals surface area contributed by atoms with E-state index in [2.05, 4.69) is 17.3 Å². The van der Waals surface area contributed by atoms with Crippen LogP contribution in [0.15, 0.2) is 36.7 Å². The molecule has 4 rings (SSSR count). The molecule has 0 unspecified atom stereocenters. The number of anilines is 1. The first-order valence-electron chi connectivity index (χ1n) is 11.6. The normalized spacial score (nSPS) is 19.1. The van der Waals surface area contributed by atoms with Crippen LogP contribution in [0.3, 0.4) is 0 Å². The fourth-order valence-electron chi connectivity index (χ4n) is 4.25. The molecule has 32 heavy (non-hydrogen) atoms. The molecule has 1 aromatic heterocycles. The molecule has 3 heterocycles. The van der Waals surface area contributed by atoms with E-state index in [1.54, 1.807) is 17.1 Å². The molecular formula is C24H32N4O4. The Kier molecular flexibility index (Phi) is 7.55. The van der Waals surface area contributed by atoms with E-state index in [9.17, 15) is 9.59 Å². The molecule has 0 aliphatic carbocycles. The van der Waals surface area contributed by atoms with Gasteiger partial charge in [-0.2, -0.15) is 5.10 Å². The average molecular weight is 441 g/mol. The first kappa shape index (κ1) is 22.5. The van der Waals surface area contributed by atoms with Crippen molar-refractivity contribution in [3.8, 4) is 5.69 Å². The highest BCUT2D eigenvalue weighted by Gasteiger charge is 2.24. The number of hydrogen-bond donors (Lipinski definition) is 1. The van der Waals surface area contributed by atoms with Crippen LogP contribution >= 0.6 is 0 Å². The summed E-state index contributed by atoms with van der Waals surface area (Å²) >= 11 is 0. The number of carbonyl (C=O) groups is 2. The van der Waals surface area contributed by atoms with Gasteiger partial charge in [0, 0.05) is 44.4 Å². The molecule has 2 aliphatic heterocycles. The van der Waals surface area contributed by atoms with Gasteiger partial charge >= 0.3 is 0 Å². The average Bonchev–Trinajstić information content (AvgIpc) is 3.51. The monoisotopic (exact) mass is 440 g/mol. The van der Waals surface area contributed by atoms with E-state index in [0.717, 1.165) is 50.9 Å². The third kappa shape index (κ3) is 5.55. The van der Waals surface area contributed by atoms with Gasteiger partial charge in [0.2, 0.25) is 5.91 Å². The number of amides is 2. The summed E-state index contributed by atoms with van der Waals surface area (Å²) in [7, 11) is 0. The van der Waals surface area contributed by atoms with Crippen LogP contribution in [0.2, 0.25) is 0 Å². The third-order valence-electron chi connectivity index (χ3n) is 6.05.